The topological polar surface area (TPSA) is 96.6 Å². The van der Waals surface area contributed by atoms with E-state index in [2.05, 4.69) is 5.32 Å². The van der Waals surface area contributed by atoms with Crippen LogP contribution in [0.2, 0.25) is 0 Å². The average Bonchev–Trinajstić information content (AvgIpc) is 2.73. The Morgan fingerprint density at radius 2 is 1.59 bits per heavy atom. The summed E-state index contributed by atoms with van der Waals surface area (Å²) in [6, 6.07) is 21.5. The molecule has 0 spiro atoms. The summed E-state index contributed by atoms with van der Waals surface area (Å²) in [6.45, 7) is 0. The molecule has 0 saturated heterocycles. The summed E-state index contributed by atoms with van der Waals surface area (Å²) in [5.41, 5.74) is 1.91. The third-order valence-corrected chi connectivity index (χ3v) is 4.47. The summed E-state index contributed by atoms with van der Waals surface area (Å²) in [6.07, 6.45) is 0. The second kappa shape index (κ2) is 7.44. The molecule has 0 unspecified atom stereocenters. The van der Waals surface area contributed by atoms with Crippen LogP contribution in [0.15, 0.2) is 88.1 Å². The van der Waals surface area contributed by atoms with Gasteiger partial charge in [-0.15, -0.1) is 0 Å². The van der Waals surface area contributed by atoms with Crippen LogP contribution in [0.4, 0.5) is 5.69 Å². The molecule has 6 nitrogen and oxygen atoms in total. The first-order valence-corrected chi connectivity index (χ1v) is 8.79. The highest BCUT2D eigenvalue weighted by molar-refractivity contribution is 6.05. The van der Waals surface area contributed by atoms with Crippen LogP contribution in [-0.4, -0.2) is 17.0 Å². The highest BCUT2D eigenvalue weighted by Crippen LogP contribution is 2.22. The van der Waals surface area contributed by atoms with Crippen LogP contribution in [0.1, 0.15) is 20.7 Å². The van der Waals surface area contributed by atoms with Crippen molar-refractivity contribution in [3.63, 3.8) is 0 Å². The van der Waals surface area contributed by atoms with Crippen molar-refractivity contribution in [2.75, 3.05) is 5.32 Å². The van der Waals surface area contributed by atoms with Gasteiger partial charge >= 0.3 is 11.6 Å². The molecule has 2 N–H and O–H groups in total. The third-order valence-electron chi connectivity index (χ3n) is 4.47. The number of carboxylic acids is 1. The quantitative estimate of drug-likeness (QED) is 0.507. The lowest BCUT2D eigenvalue weighted by molar-refractivity contribution is 0.0696. The molecule has 0 fully saturated rings. The second-order valence-electron chi connectivity index (χ2n) is 6.40. The summed E-state index contributed by atoms with van der Waals surface area (Å²) in [5.74, 6) is -1.41. The molecule has 0 saturated carbocycles. The maximum absolute atomic E-state index is 12.6. The van der Waals surface area contributed by atoms with Gasteiger partial charge in [0.25, 0.3) is 5.91 Å². The van der Waals surface area contributed by atoms with Crippen molar-refractivity contribution in [1.29, 1.82) is 0 Å². The minimum Gasteiger partial charge on any atom is -0.478 e. The number of carbonyl (C=O) groups excluding carboxylic acids is 1. The predicted molar refractivity (Wildman–Crippen MR) is 109 cm³/mol. The molecule has 0 aliphatic carbocycles. The number of benzene rings is 3. The maximum Gasteiger partial charge on any atom is 0.344 e. The summed E-state index contributed by atoms with van der Waals surface area (Å²) in [4.78, 5) is 35.9. The van der Waals surface area contributed by atoms with Gasteiger partial charge in [0.2, 0.25) is 0 Å². The van der Waals surface area contributed by atoms with Crippen molar-refractivity contribution >= 4 is 28.5 Å². The van der Waals surface area contributed by atoms with Gasteiger partial charge < -0.3 is 14.8 Å². The Morgan fingerprint density at radius 3 is 2.34 bits per heavy atom. The number of para-hydroxylation sites is 1. The van der Waals surface area contributed by atoms with Crippen LogP contribution in [0.25, 0.3) is 22.1 Å². The summed E-state index contributed by atoms with van der Waals surface area (Å²) in [7, 11) is 0. The van der Waals surface area contributed by atoms with Gasteiger partial charge in [-0.2, -0.15) is 0 Å². The number of nitrogens with one attached hydrogen (secondary N) is 1. The Bertz CT molecular complexity index is 1290. The molecule has 0 radical (unpaired) electrons. The lowest BCUT2D eigenvalue weighted by atomic mass is 10.0. The zero-order valence-corrected chi connectivity index (χ0v) is 15.1. The Kier molecular flexibility index (Phi) is 4.66. The maximum atomic E-state index is 12.6. The van der Waals surface area contributed by atoms with Crippen LogP contribution in [0.3, 0.4) is 0 Å². The number of amides is 1. The monoisotopic (exact) mass is 385 g/mol. The number of fused-ring (bicyclic) bond motifs is 1. The molecule has 29 heavy (non-hydrogen) atoms. The first-order valence-electron chi connectivity index (χ1n) is 8.79. The number of hydrogen-bond acceptors (Lipinski definition) is 4. The van der Waals surface area contributed by atoms with Crippen LogP contribution >= 0.6 is 0 Å². The van der Waals surface area contributed by atoms with Gasteiger partial charge in [0.15, 0.2) is 0 Å². The largest absolute Gasteiger partial charge is 0.478 e. The first-order chi connectivity index (χ1) is 14.0. The van der Waals surface area contributed by atoms with Crippen molar-refractivity contribution in [3.05, 3.63) is 100 Å². The van der Waals surface area contributed by atoms with E-state index in [0.717, 1.165) is 5.39 Å². The highest BCUT2D eigenvalue weighted by Gasteiger charge is 2.12. The Morgan fingerprint density at radius 1 is 0.828 bits per heavy atom. The van der Waals surface area contributed by atoms with E-state index in [1.54, 1.807) is 42.5 Å². The van der Waals surface area contributed by atoms with E-state index in [1.807, 2.05) is 12.1 Å². The molecule has 1 heterocycles. The molecule has 3 aromatic carbocycles. The lowest BCUT2D eigenvalue weighted by Gasteiger charge is -2.08. The van der Waals surface area contributed by atoms with Crippen molar-refractivity contribution in [3.8, 4) is 11.1 Å². The second-order valence-corrected chi connectivity index (χ2v) is 6.40. The summed E-state index contributed by atoms with van der Waals surface area (Å²) >= 11 is 0. The minimum atomic E-state index is -1.04. The molecule has 4 aromatic rings. The highest BCUT2D eigenvalue weighted by atomic mass is 16.4. The normalized spacial score (nSPS) is 10.6. The molecule has 1 amide bonds. The van der Waals surface area contributed by atoms with Crippen LogP contribution in [0, 0.1) is 0 Å². The summed E-state index contributed by atoms with van der Waals surface area (Å²) < 4.78 is 5.37. The standard InChI is InChI=1S/C23H15NO5/c25-21(24-18-10-8-14(9-11-18)22(26)27)17-6-3-5-15(12-17)19-13-16-4-1-2-7-20(16)29-23(19)28/h1-13H,(H,24,25)(H,26,27). The van der Waals surface area contributed by atoms with Crippen LogP contribution in [-0.2, 0) is 0 Å². The fourth-order valence-electron chi connectivity index (χ4n) is 2.99. The molecular weight excluding hydrogens is 370 g/mol. The van der Waals surface area contributed by atoms with E-state index in [4.69, 9.17) is 9.52 Å². The van der Waals surface area contributed by atoms with Gasteiger partial charge in [0, 0.05) is 16.6 Å². The van der Waals surface area contributed by atoms with Crippen molar-refractivity contribution in [2.24, 2.45) is 0 Å². The predicted octanol–water partition coefficient (Wildman–Crippen LogP) is 4.41. The van der Waals surface area contributed by atoms with E-state index >= 15 is 0 Å². The first kappa shape index (κ1) is 18.2. The van der Waals surface area contributed by atoms with Gasteiger partial charge in [-0.3, -0.25) is 4.79 Å². The number of rotatable bonds is 4. The Hall–Kier alpha value is -4.19. The number of carboxylic acid groups (broad SMARTS) is 1. The van der Waals surface area contributed by atoms with E-state index < -0.39 is 11.6 Å². The van der Waals surface area contributed by atoms with Crippen LogP contribution in [0.5, 0.6) is 0 Å². The smallest absolute Gasteiger partial charge is 0.344 e. The number of aromatic carboxylic acids is 1. The molecule has 1 aromatic heterocycles. The lowest BCUT2D eigenvalue weighted by Crippen LogP contribution is -2.12. The van der Waals surface area contributed by atoms with Gasteiger partial charge in [-0.05, 0) is 54.1 Å². The summed E-state index contributed by atoms with van der Waals surface area (Å²) in [5, 5.41) is 12.4. The minimum absolute atomic E-state index is 0.132. The third kappa shape index (κ3) is 3.77. The molecule has 0 atom stereocenters. The zero-order valence-electron chi connectivity index (χ0n) is 15.1. The molecule has 142 valence electrons. The van der Waals surface area contributed by atoms with Gasteiger partial charge in [-0.1, -0.05) is 30.3 Å². The molecule has 6 heteroatoms. The Labute approximate surface area is 165 Å². The molecule has 0 aliphatic heterocycles. The number of anilines is 1. The van der Waals surface area contributed by atoms with Crippen molar-refractivity contribution < 1.29 is 19.1 Å². The zero-order chi connectivity index (χ0) is 20.4. The van der Waals surface area contributed by atoms with E-state index in [9.17, 15) is 14.4 Å². The fraction of sp³-hybridized carbons (Fsp3) is 0. The molecule has 0 aliphatic rings. The van der Waals surface area contributed by atoms with Gasteiger partial charge in [0.05, 0.1) is 11.1 Å². The number of hydrogen-bond donors (Lipinski definition) is 2. The molecule has 4 rings (SSSR count). The van der Waals surface area contributed by atoms with E-state index in [-0.39, 0.29) is 11.5 Å². The Balaban J connectivity index is 1.63. The van der Waals surface area contributed by atoms with E-state index in [1.165, 1.54) is 24.3 Å². The fourth-order valence-corrected chi connectivity index (χ4v) is 2.99. The molecule has 0 bridgehead atoms. The van der Waals surface area contributed by atoms with Crippen molar-refractivity contribution in [1.82, 2.24) is 0 Å². The van der Waals surface area contributed by atoms with Crippen molar-refractivity contribution in [2.45, 2.75) is 0 Å². The van der Waals surface area contributed by atoms with Crippen LogP contribution < -0.4 is 10.9 Å². The number of carbonyl (C=O) groups is 2. The van der Waals surface area contributed by atoms with E-state index in [0.29, 0.717) is 28.0 Å². The van der Waals surface area contributed by atoms with Gasteiger partial charge in [0.1, 0.15) is 5.58 Å². The van der Waals surface area contributed by atoms with Gasteiger partial charge in [-0.25, -0.2) is 9.59 Å². The molecular formula is C23H15NO5. The SMILES string of the molecule is O=C(O)c1ccc(NC(=O)c2cccc(-c3cc4ccccc4oc3=O)c2)cc1. The average molecular weight is 385 g/mol.